The summed E-state index contributed by atoms with van der Waals surface area (Å²) in [4.78, 5) is 17.8. The number of carbonyl (C=O) groups is 1. The monoisotopic (exact) mass is 350 g/mol. The van der Waals surface area contributed by atoms with Crippen molar-refractivity contribution in [1.29, 1.82) is 0 Å². The minimum Gasteiger partial charge on any atom is -0.465 e. The summed E-state index contributed by atoms with van der Waals surface area (Å²) < 4.78 is 50.0. The molecule has 2 rings (SSSR count). The van der Waals surface area contributed by atoms with E-state index < -0.39 is 23.3 Å². The quantitative estimate of drug-likeness (QED) is 0.615. The molecule has 0 spiro atoms. The van der Waals surface area contributed by atoms with Gasteiger partial charge in [0.2, 0.25) is 0 Å². The van der Waals surface area contributed by atoms with Crippen LogP contribution in [0.4, 0.5) is 19.0 Å². The fraction of sp³-hybridized carbons (Fsp3) is 0.571. The van der Waals surface area contributed by atoms with Gasteiger partial charge in [0.05, 0.1) is 25.9 Å². The van der Waals surface area contributed by atoms with Gasteiger partial charge in [-0.1, -0.05) is 6.92 Å². The van der Waals surface area contributed by atoms with Crippen molar-refractivity contribution in [2.45, 2.75) is 18.1 Å². The SMILES string of the molecule is CCSc1nc(N2CCOCC2)cc(C(F)(F)F)c1C(=O)OC. The Kier molecular flexibility index (Phi) is 5.74. The molecule has 9 heteroatoms. The molecule has 0 bridgehead atoms. The van der Waals surface area contributed by atoms with Crippen molar-refractivity contribution in [3.8, 4) is 0 Å². The number of ether oxygens (including phenoxy) is 2. The van der Waals surface area contributed by atoms with Crippen molar-refractivity contribution in [2.75, 3.05) is 44.1 Å². The predicted molar refractivity (Wildman–Crippen MR) is 80.0 cm³/mol. The van der Waals surface area contributed by atoms with E-state index in [0.717, 1.165) is 24.9 Å². The largest absolute Gasteiger partial charge is 0.465 e. The van der Waals surface area contributed by atoms with Crippen molar-refractivity contribution in [3.05, 3.63) is 17.2 Å². The average Bonchev–Trinajstić information content (AvgIpc) is 2.53. The molecule has 0 radical (unpaired) electrons. The molecule has 2 heterocycles. The highest BCUT2D eigenvalue weighted by atomic mass is 32.2. The Labute approximate surface area is 136 Å². The van der Waals surface area contributed by atoms with Crippen LogP contribution in [0.5, 0.6) is 0 Å². The molecule has 128 valence electrons. The highest BCUT2D eigenvalue weighted by molar-refractivity contribution is 7.99. The zero-order chi connectivity index (χ0) is 17.0. The van der Waals surface area contributed by atoms with E-state index in [0.29, 0.717) is 32.1 Å². The number of hydrogen-bond acceptors (Lipinski definition) is 6. The Hall–Kier alpha value is -1.48. The normalized spacial score (nSPS) is 15.6. The Balaban J connectivity index is 2.58. The first-order valence-corrected chi connectivity index (χ1v) is 8.03. The van der Waals surface area contributed by atoms with Gasteiger partial charge in [0.1, 0.15) is 16.4 Å². The van der Waals surface area contributed by atoms with E-state index in [-0.39, 0.29) is 10.8 Å². The summed E-state index contributed by atoms with van der Waals surface area (Å²) in [6, 6.07) is 0.914. The topological polar surface area (TPSA) is 51.7 Å². The number of morpholine rings is 1. The lowest BCUT2D eigenvalue weighted by atomic mass is 10.1. The molecule has 23 heavy (non-hydrogen) atoms. The highest BCUT2D eigenvalue weighted by Crippen LogP contribution is 2.38. The number of halogens is 3. The number of alkyl halides is 3. The molecular formula is C14H17F3N2O3S. The summed E-state index contributed by atoms with van der Waals surface area (Å²) in [5.74, 6) is -0.348. The van der Waals surface area contributed by atoms with Crippen LogP contribution in [0.15, 0.2) is 11.1 Å². The number of hydrogen-bond donors (Lipinski definition) is 0. The molecule has 1 fully saturated rings. The zero-order valence-electron chi connectivity index (χ0n) is 12.8. The first-order valence-electron chi connectivity index (χ1n) is 7.04. The van der Waals surface area contributed by atoms with E-state index in [1.807, 2.05) is 0 Å². The highest BCUT2D eigenvalue weighted by Gasteiger charge is 2.39. The number of rotatable bonds is 4. The van der Waals surface area contributed by atoms with Crippen molar-refractivity contribution < 1.29 is 27.4 Å². The summed E-state index contributed by atoms with van der Waals surface area (Å²) in [5.41, 5.74) is -1.54. The van der Waals surface area contributed by atoms with Crippen molar-refractivity contribution in [2.24, 2.45) is 0 Å². The van der Waals surface area contributed by atoms with Gasteiger partial charge in [0.15, 0.2) is 0 Å². The maximum atomic E-state index is 13.4. The number of nitrogens with zero attached hydrogens (tertiary/aromatic N) is 2. The molecule has 5 nitrogen and oxygen atoms in total. The zero-order valence-corrected chi connectivity index (χ0v) is 13.6. The number of carbonyl (C=O) groups excluding carboxylic acids is 1. The maximum Gasteiger partial charge on any atom is 0.417 e. The molecule has 1 aliphatic heterocycles. The van der Waals surface area contributed by atoms with Gasteiger partial charge < -0.3 is 14.4 Å². The van der Waals surface area contributed by atoms with E-state index in [2.05, 4.69) is 9.72 Å². The van der Waals surface area contributed by atoms with Gasteiger partial charge >= 0.3 is 12.1 Å². The number of pyridine rings is 1. The molecule has 0 unspecified atom stereocenters. The van der Waals surface area contributed by atoms with Gasteiger partial charge in [0, 0.05) is 13.1 Å². The molecule has 1 saturated heterocycles. The molecular weight excluding hydrogens is 333 g/mol. The number of anilines is 1. The van der Waals surface area contributed by atoms with Crippen LogP contribution in [-0.4, -0.2) is 50.1 Å². The van der Waals surface area contributed by atoms with E-state index >= 15 is 0 Å². The van der Waals surface area contributed by atoms with Gasteiger partial charge in [-0.25, -0.2) is 9.78 Å². The third-order valence-corrected chi connectivity index (χ3v) is 4.14. The number of aromatic nitrogens is 1. The van der Waals surface area contributed by atoms with Crippen LogP contribution in [0.3, 0.4) is 0 Å². The number of thioether (sulfide) groups is 1. The molecule has 0 N–H and O–H groups in total. The van der Waals surface area contributed by atoms with Crippen LogP contribution in [0.1, 0.15) is 22.8 Å². The lowest BCUT2D eigenvalue weighted by molar-refractivity contribution is -0.138. The number of esters is 1. The van der Waals surface area contributed by atoms with Gasteiger partial charge in [0.25, 0.3) is 0 Å². The second-order valence-corrected chi connectivity index (χ2v) is 5.98. The van der Waals surface area contributed by atoms with E-state index in [1.54, 1.807) is 11.8 Å². The minimum atomic E-state index is -4.67. The van der Waals surface area contributed by atoms with Crippen molar-refractivity contribution in [1.82, 2.24) is 4.98 Å². The van der Waals surface area contributed by atoms with Crippen LogP contribution >= 0.6 is 11.8 Å². The second kappa shape index (κ2) is 7.39. The maximum absolute atomic E-state index is 13.4. The fourth-order valence-corrected chi connectivity index (χ4v) is 3.00. The Morgan fingerprint density at radius 1 is 1.43 bits per heavy atom. The van der Waals surface area contributed by atoms with Crippen LogP contribution in [0.2, 0.25) is 0 Å². The van der Waals surface area contributed by atoms with Crippen LogP contribution in [-0.2, 0) is 15.7 Å². The second-order valence-electron chi connectivity index (χ2n) is 4.73. The molecule has 1 aromatic heterocycles. The molecule has 0 aliphatic carbocycles. The first-order chi connectivity index (χ1) is 10.9. The molecule has 1 aliphatic rings. The van der Waals surface area contributed by atoms with Gasteiger partial charge in [-0.05, 0) is 11.8 Å². The Morgan fingerprint density at radius 2 is 2.09 bits per heavy atom. The summed E-state index contributed by atoms with van der Waals surface area (Å²) in [6.07, 6.45) is -4.67. The van der Waals surface area contributed by atoms with E-state index in [4.69, 9.17) is 4.74 Å². The lowest BCUT2D eigenvalue weighted by Gasteiger charge is -2.29. The average molecular weight is 350 g/mol. The fourth-order valence-electron chi connectivity index (χ4n) is 2.23. The van der Waals surface area contributed by atoms with Crippen LogP contribution in [0, 0.1) is 0 Å². The predicted octanol–water partition coefficient (Wildman–Crippen LogP) is 2.84. The molecule has 1 aromatic rings. The Bertz CT molecular complexity index is 575. The van der Waals surface area contributed by atoms with Gasteiger partial charge in [-0.15, -0.1) is 11.8 Å². The summed E-state index contributed by atoms with van der Waals surface area (Å²) in [6.45, 7) is 3.55. The standard InChI is InChI=1S/C14H17F3N2O3S/c1-3-23-12-11(13(20)21-2)9(14(15,16)17)8-10(18-12)19-4-6-22-7-5-19/h8H,3-7H2,1-2H3. The van der Waals surface area contributed by atoms with Crippen molar-refractivity contribution >= 4 is 23.5 Å². The molecule has 0 amide bonds. The first kappa shape index (κ1) is 17.9. The van der Waals surface area contributed by atoms with E-state index in [9.17, 15) is 18.0 Å². The van der Waals surface area contributed by atoms with Crippen LogP contribution in [0.25, 0.3) is 0 Å². The van der Waals surface area contributed by atoms with Crippen molar-refractivity contribution in [3.63, 3.8) is 0 Å². The summed E-state index contributed by atoms with van der Waals surface area (Å²) >= 11 is 1.08. The van der Waals surface area contributed by atoms with Gasteiger partial charge in [-0.3, -0.25) is 0 Å². The minimum absolute atomic E-state index is 0.0377. The number of methoxy groups -OCH3 is 1. The molecule has 0 saturated carbocycles. The van der Waals surface area contributed by atoms with E-state index in [1.165, 1.54) is 0 Å². The summed E-state index contributed by atoms with van der Waals surface area (Å²) in [7, 11) is 1.05. The Morgan fingerprint density at radius 3 is 2.61 bits per heavy atom. The molecule has 0 aromatic carbocycles. The smallest absolute Gasteiger partial charge is 0.417 e. The summed E-state index contributed by atoms with van der Waals surface area (Å²) in [5, 5.41) is 0.0377. The third-order valence-electron chi connectivity index (χ3n) is 3.28. The third kappa shape index (κ3) is 4.08. The molecule has 0 atom stereocenters. The van der Waals surface area contributed by atoms with Crippen LogP contribution < -0.4 is 4.90 Å². The van der Waals surface area contributed by atoms with Gasteiger partial charge in [-0.2, -0.15) is 13.2 Å². The lowest BCUT2D eigenvalue weighted by Crippen LogP contribution is -2.37.